The van der Waals surface area contributed by atoms with Gasteiger partial charge >= 0.3 is 0 Å². The molecule has 0 unspecified atom stereocenters. The van der Waals surface area contributed by atoms with E-state index in [1.807, 2.05) is 97.9 Å². The minimum atomic E-state index is -0.276. The molecule has 42 heavy (non-hydrogen) atoms. The van der Waals surface area contributed by atoms with Crippen molar-refractivity contribution in [3.63, 3.8) is 0 Å². The lowest BCUT2D eigenvalue weighted by atomic mass is 9.99. The minimum absolute atomic E-state index is 0.152. The van der Waals surface area contributed by atoms with Crippen molar-refractivity contribution in [3.8, 4) is 16.9 Å². The Kier molecular flexibility index (Phi) is 8.08. The molecule has 3 heterocycles. The fraction of sp³-hybridized carbons (Fsp3) is 0.152. The molecule has 0 saturated carbocycles. The molecule has 0 saturated heterocycles. The van der Waals surface area contributed by atoms with E-state index in [0.29, 0.717) is 17.4 Å². The number of nitrogens with one attached hydrogen (secondary N) is 1. The van der Waals surface area contributed by atoms with Crippen molar-refractivity contribution in [2.45, 2.75) is 18.7 Å². The number of nitrogens with zero attached hydrogens (tertiary/aromatic N) is 4. The zero-order chi connectivity index (χ0) is 29.1. The number of carbonyl (C=O) groups is 2. The second kappa shape index (κ2) is 12.2. The number of hydrogen-bond acceptors (Lipinski definition) is 5. The number of benzene rings is 3. The molecular weight excluding hydrogens is 566 g/mol. The molecule has 6 rings (SSSR count). The monoisotopic (exact) mass is 593 g/mol. The van der Waals surface area contributed by atoms with Crippen LogP contribution < -0.4 is 10.2 Å². The molecule has 7 nitrogen and oxygen atoms in total. The summed E-state index contributed by atoms with van der Waals surface area (Å²) >= 11 is 7.97. The van der Waals surface area contributed by atoms with Crippen LogP contribution in [-0.2, 0) is 16.1 Å². The fourth-order valence-electron chi connectivity index (χ4n) is 5.03. The number of aromatic nitrogens is 3. The Morgan fingerprint density at radius 3 is 2.57 bits per heavy atom. The van der Waals surface area contributed by atoms with E-state index < -0.39 is 0 Å². The standard InChI is InChI=1S/C33H28ClN5O2S/c1-22-12-14-27(15-13-22)39-33-30(31(37-39)24-8-3-2-4-9-24)32(25-10-5-11-26(34)17-25)42-21-29(41)38(33)20-28(40)36-19-23-7-6-16-35-18-23/h2-18,32H,19-21H2,1H3,(H,36,40)/t32-/m0/s1. The molecule has 9 heteroatoms. The Morgan fingerprint density at radius 2 is 1.83 bits per heavy atom. The summed E-state index contributed by atoms with van der Waals surface area (Å²) < 4.78 is 1.80. The van der Waals surface area contributed by atoms with Gasteiger partial charge < -0.3 is 5.32 Å². The Hall–Kier alpha value is -4.40. The van der Waals surface area contributed by atoms with E-state index in [-0.39, 0.29) is 29.4 Å². The van der Waals surface area contributed by atoms with Crippen LogP contribution in [0.3, 0.4) is 0 Å². The van der Waals surface area contributed by atoms with Crippen LogP contribution in [0.4, 0.5) is 5.82 Å². The van der Waals surface area contributed by atoms with Crippen LogP contribution in [0.15, 0.2) is 103 Å². The lowest BCUT2D eigenvalue weighted by Crippen LogP contribution is -2.42. The molecule has 0 spiro atoms. The van der Waals surface area contributed by atoms with Gasteiger partial charge in [0.1, 0.15) is 12.4 Å². The van der Waals surface area contributed by atoms with Crippen molar-refractivity contribution in [1.82, 2.24) is 20.1 Å². The summed E-state index contributed by atoms with van der Waals surface area (Å²) in [6, 6.07) is 29.3. The summed E-state index contributed by atoms with van der Waals surface area (Å²) in [6.45, 7) is 2.19. The number of rotatable bonds is 7. The van der Waals surface area contributed by atoms with Crippen molar-refractivity contribution in [1.29, 1.82) is 0 Å². The summed E-state index contributed by atoms with van der Waals surface area (Å²) in [7, 11) is 0. The minimum Gasteiger partial charge on any atom is -0.350 e. The van der Waals surface area contributed by atoms with Gasteiger partial charge in [0.15, 0.2) is 0 Å². The van der Waals surface area contributed by atoms with E-state index in [9.17, 15) is 9.59 Å². The van der Waals surface area contributed by atoms with Gasteiger partial charge in [-0.2, -0.15) is 5.10 Å². The third kappa shape index (κ3) is 5.82. The first kappa shape index (κ1) is 27.8. The van der Waals surface area contributed by atoms with E-state index in [4.69, 9.17) is 16.7 Å². The number of thioether (sulfide) groups is 1. The normalized spacial score (nSPS) is 14.8. The Morgan fingerprint density at radius 1 is 1.02 bits per heavy atom. The number of halogens is 1. The fourth-order valence-corrected chi connectivity index (χ4v) is 6.42. The van der Waals surface area contributed by atoms with Gasteiger partial charge in [-0.05, 0) is 48.4 Å². The second-order valence-electron chi connectivity index (χ2n) is 10.1. The predicted octanol–water partition coefficient (Wildman–Crippen LogP) is 6.38. The van der Waals surface area contributed by atoms with Gasteiger partial charge in [-0.25, -0.2) is 4.68 Å². The molecule has 0 aliphatic carbocycles. The third-order valence-corrected chi connectivity index (χ3v) is 8.57. The van der Waals surface area contributed by atoms with Crippen LogP contribution in [0.1, 0.15) is 27.5 Å². The van der Waals surface area contributed by atoms with Gasteiger partial charge in [-0.15, -0.1) is 11.8 Å². The quantitative estimate of drug-likeness (QED) is 0.237. The lowest BCUT2D eigenvalue weighted by Gasteiger charge is -2.23. The van der Waals surface area contributed by atoms with Gasteiger partial charge in [0.25, 0.3) is 0 Å². The highest BCUT2D eigenvalue weighted by Crippen LogP contribution is 2.48. The molecule has 0 bridgehead atoms. The average molecular weight is 594 g/mol. The third-order valence-electron chi connectivity index (χ3n) is 7.08. The zero-order valence-electron chi connectivity index (χ0n) is 22.9. The summed E-state index contributed by atoms with van der Waals surface area (Å²) in [6.07, 6.45) is 3.40. The Labute approximate surface area is 253 Å². The maximum atomic E-state index is 13.9. The number of fused-ring (bicyclic) bond motifs is 1. The predicted molar refractivity (Wildman–Crippen MR) is 168 cm³/mol. The van der Waals surface area contributed by atoms with Crippen molar-refractivity contribution >= 4 is 41.0 Å². The van der Waals surface area contributed by atoms with Gasteiger partial charge in [0.05, 0.1) is 22.4 Å². The van der Waals surface area contributed by atoms with Crippen LogP contribution in [0.25, 0.3) is 16.9 Å². The zero-order valence-corrected chi connectivity index (χ0v) is 24.5. The molecule has 2 aromatic heterocycles. The highest BCUT2D eigenvalue weighted by molar-refractivity contribution is 8.00. The van der Waals surface area contributed by atoms with Crippen molar-refractivity contribution < 1.29 is 9.59 Å². The molecular formula is C33H28ClN5O2S. The number of anilines is 1. The number of pyridine rings is 1. The molecule has 0 radical (unpaired) electrons. The van der Waals surface area contributed by atoms with Crippen LogP contribution >= 0.6 is 23.4 Å². The van der Waals surface area contributed by atoms with E-state index in [0.717, 1.165) is 39.2 Å². The number of carbonyl (C=O) groups excluding carboxylic acids is 2. The van der Waals surface area contributed by atoms with Crippen molar-refractivity contribution in [2.75, 3.05) is 17.2 Å². The molecule has 0 fully saturated rings. The number of amides is 2. The van der Waals surface area contributed by atoms with Crippen molar-refractivity contribution in [2.24, 2.45) is 0 Å². The highest BCUT2D eigenvalue weighted by atomic mass is 35.5. The molecule has 3 aromatic carbocycles. The molecule has 1 aliphatic heterocycles. The summed E-state index contributed by atoms with van der Waals surface area (Å²) in [5, 5.41) is 8.44. The molecule has 210 valence electrons. The van der Waals surface area contributed by atoms with Crippen molar-refractivity contribution in [3.05, 3.63) is 131 Å². The van der Waals surface area contributed by atoms with E-state index in [1.165, 1.54) is 11.8 Å². The van der Waals surface area contributed by atoms with Crippen LogP contribution in [-0.4, -0.2) is 38.9 Å². The van der Waals surface area contributed by atoms with E-state index in [2.05, 4.69) is 10.3 Å². The van der Waals surface area contributed by atoms with Crippen LogP contribution in [0.2, 0.25) is 5.02 Å². The first-order valence-electron chi connectivity index (χ1n) is 13.6. The second-order valence-corrected chi connectivity index (χ2v) is 11.6. The molecule has 5 aromatic rings. The molecule has 1 aliphatic rings. The summed E-state index contributed by atoms with van der Waals surface area (Å²) in [4.78, 5) is 32.9. The maximum absolute atomic E-state index is 13.9. The van der Waals surface area contributed by atoms with E-state index in [1.54, 1.807) is 22.0 Å². The van der Waals surface area contributed by atoms with Crippen LogP contribution in [0.5, 0.6) is 0 Å². The SMILES string of the molecule is Cc1ccc(-n2nc(-c3ccccc3)c3c2N(CC(=O)NCc2cccnc2)C(=O)CS[C@H]3c2cccc(Cl)c2)cc1. The first-order valence-corrected chi connectivity index (χ1v) is 15.0. The smallest absolute Gasteiger partial charge is 0.240 e. The van der Waals surface area contributed by atoms with Gasteiger partial charge in [-0.1, -0.05) is 77.8 Å². The van der Waals surface area contributed by atoms with Crippen LogP contribution in [0, 0.1) is 6.92 Å². The van der Waals surface area contributed by atoms with E-state index >= 15 is 0 Å². The number of aryl methyl sites for hydroxylation is 1. The highest BCUT2D eigenvalue weighted by Gasteiger charge is 2.37. The molecule has 2 amide bonds. The summed E-state index contributed by atoms with van der Waals surface area (Å²) in [5.41, 5.74) is 6.27. The van der Waals surface area contributed by atoms with Gasteiger partial charge in [0.2, 0.25) is 11.8 Å². The van der Waals surface area contributed by atoms with Gasteiger partial charge in [-0.3, -0.25) is 19.5 Å². The molecule has 1 atom stereocenters. The topological polar surface area (TPSA) is 80.1 Å². The lowest BCUT2D eigenvalue weighted by molar-refractivity contribution is -0.123. The molecule has 1 N–H and O–H groups in total. The maximum Gasteiger partial charge on any atom is 0.240 e. The number of hydrogen-bond donors (Lipinski definition) is 1. The van der Waals surface area contributed by atoms with Gasteiger partial charge in [0, 0.05) is 35.1 Å². The summed E-state index contributed by atoms with van der Waals surface area (Å²) in [5.74, 6) is 0.316. The Balaban J connectivity index is 1.52. The average Bonchev–Trinajstić information content (AvgIpc) is 3.33. The first-order chi connectivity index (χ1) is 20.5. The largest absolute Gasteiger partial charge is 0.350 e. The Bertz CT molecular complexity index is 1730.